The van der Waals surface area contributed by atoms with Gasteiger partial charge in [0.05, 0.1) is 18.5 Å². The van der Waals surface area contributed by atoms with Gasteiger partial charge >= 0.3 is 0 Å². The SMILES string of the molecule is O=S1(=O)CC(C(O)CO)S(=O)(=O)C1. The van der Waals surface area contributed by atoms with Gasteiger partial charge in [-0.15, -0.1) is 0 Å². The standard InChI is InChI=1S/C5H10O6S2/c6-1-4(7)5-2-12(8,9)3-13(5,10)11/h4-7H,1-3H2. The Kier molecular flexibility index (Phi) is 2.68. The molecule has 1 fully saturated rings. The summed E-state index contributed by atoms with van der Waals surface area (Å²) in [6.07, 6.45) is -1.51. The van der Waals surface area contributed by atoms with Crippen molar-refractivity contribution in [1.29, 1.82) is 0 Å². The Hall–Kier alpha value is -0.180. The van der Waals surface area contributed by atoms with Crippen molar-refractivity contribution < 1.29 is 27.0 Å². The third-order valence-corrected chi connectivity index (χ3v) is 7.07. The van der Waals surface area contributed by atoms with Crippen molar-refractivity contribution in [2.75, 3.05) is 17.4 Å². The van der Waals surface area contributed by atoms with Crippen molar-refractivity contribution in [3.8, 4) is 0 Å². The number of hydrogen-bond donors (Lipinski definition) is 2. The maximum Gasteiger partial charge on any atom is 0.171 e. The van der Waals surface area contributed by atoms with E-state index >= 15 is 0 Å². The van der Waals surface area contributed by atoms with Gasteiger partial charge in [0.2, 0.25) is 0 Å². The van der Waals surface area contributed by atoms with Crippen molar-refractivity contribution in [1.82, 2.24) is 0 Å². The van der Waals surface area contributed by atoms with E-state index in [9.17, 15) is 16.8 Å². The molecule has 1 saturated heterocycles. The van der Waals surface area contributed by atoms with Crippen LogP contribution in [-0.4, -0.2) is 55.8 Å². The normalized spacial score (nSPS) is 32.9. The molecular weight excluding hydrogens is 220 g/mol. The van der Waals surface area contributed by atoms with Crippen LogP contribution in [0.15, 0.2) is 0 Å². The van der Waals surface area contributed by atoms with Crippen LogP contribution in [0.2, 0.25) is 0 Å². The number of aliphatic hydroxyl groups is 2. The topological polar surface area (TPSA) is 109 Å². The molecule has 2 unspecified atom stereocenters. The van der Waals surface area contributed by atoms with Crippen LogP contribution in [0.1, 0.15) is 0 Å². The van der Waals surface area contributed by atoms with Gasteiger partial charge in [-0.3, -0.25) is 0 Å². The van der Waals surface area contributed by atoms with E-state index in [1.807, 2.05) is 0 Å². The zero-order valence-electron chi connectivity index (χ0n) is 6.62. The average Bonchev–Trinajstić information content (AvgIpc) is 2.17. The highest BCUT2D eigenvalue weighted by atomic mass is 32.3. The molecule has 6 nitrogen and oxygen atoms in total. The Morgan fingerprint density at radius 2 is 1.85 bits per heavy atom. The summed E-state index contributed by atoms with van der Waals surface area (Å²) in [5.41, 5.74) is 0. The summed E-state index contributed by atoms with van der Waals surface area (Å²) in [5.74, 6) is -0.600. The minimum atomic E-state index is -3.80. The Labute approximate surface area is 76.0 Å². The fraction of sp³-hybridized carbons (Fsp3) is 1.00. The zero-order valence-corrected chi connectivity index (χ0v) is 8.25. The summed E-state index contributed by atoms with van der Waals surface area (Å²) in [5, 5.41) is 15.2. The summed E-state index contributed by atoms with van der Waals surface area (Å²) in [6.45, 7) is -0.751. The van der Waals surface area contributed by atoms with E-state index in [4.69, 9.17) is 10.2 Å². The van der Waals surface area contributed by atoms with Gasteiger partial charge in [-0.05, 0) is 0 Å². The first-order chi connectivity index (χ1) is 5.78. The summed E-state index contributed by atoms with van der Waals surface area (Å²) >= 11 is 0. The largest absolute Gasteiger partial charge is 0.394 e. The summed E-state index contributed by atoms with van der Waals surface area (Å²) in [6, 6.07) is 0. The first-order valence-corrected chi connectivity index (χ1v) is 7.03. The summed E-state index contributed by atoms with van der Waals surface area (Å²) in [7, 11) is -7.42. The molecular formula is C5H10O6S2. The van der Waals surface area contributed by atoms with Crippen molar-refractivity contribution in [3.63, 3.8) is 0 Å². The van der Waals surface area contributed by atoms with E-state index in [0.29, 0.717) is 0 Å². The van der Waals surface area contributed by atoms with E-state index in [1.165, 1.54) is 0 Å². The fourth-order valence-electron chi connectivity index (χ4n) is 1.21. The van der Waals surface area contributed by atoms with Crippen LogP contribution in [0.5, 0.6) is 0 Å². The average molecular weight is 230 g/mol. The molecule has 13 heavy (non-hydrogen) atoms. The van der Waals surface area contributed by atoms with Gasteiger partial charge in [0, 0.05) is 0 Å². The van der Waals surface area contributed by atoms with E-state index in [-0.39, 0.29) is 0 Å². The van der Waals surface area contributed by atoms with Crippen molar-refractivity contribution in [2.45, 2.75) is 11.4 Å². The molecule has 2 atom stereocenters. The number of aliphatic hydroxyl groups excluding tert-OH is 2. The fourth-order valence-corrected chi connectivity index (χ4v) is 7.03. The lowest BCUT2D eigenvalue weighted by molar-refractivity contribution is 0.0955. The molecule has 0 aromatic carbocycles. The van der Waals surface area contributed by atoms with E-state index in [0.717, 1.165) is 0 Å². The maximum absolute atomic E-state index is 11.1. The van der Waals surface area contributed by atoms with E-state index in [2.05, 4.69) is 0 Å². The lowest BCUT2D eigenvalue weighted by Gasteiger charge is -2.12. The lowest BCUT2D eigenvalue weighted by Crippen LogP contribution is -2.35. The monoisotopic (exact) mass is 230 g/mol. The van der Waals surface area contributed by atoms with Crippen molar-refractivity contribution >= 4 is 19.7 Å². The van der Waals surface area contributed by atoms with Gasteiger partial charge in [0.15, 0.2) is 24.8 Å². The number of rotatable bonds is 2. The van der Waals surface area contributed by atoms with Gasteiger partial charge in [-0.1, -0.05) is 0 Å². The third kappa shape index (κ3) is 2.19. The van der Waals surface area contributed by atoms with Gasteiger partial charge in [0.25, 0.3) is 0 Å². The van der Waals surface area contributed by atoms with Crippen LogP contribution in [0.3, 0.4) is 0 Å². The third-order valence-electron chi connectivity index (χ3n) is 1.84. The van der Waals surface area contributed by atoms with Gasteiger partial charge in [0.1, 0.15) is 5.25 Å². The predicted molar refractivity (Wildman–Crippen MR) is 44.5 cm³/mol. The Balaban J connectivity index is 3.03. The number of hydrogen-bond acceptors (Lipinski definition) is 6. The molecule has 0 aliphatic carbocycles. The highest BCUT2D eigenvalue weighted by Gasteiger charge is 2.45. The smallest absolute Gasteiger partial charge is 0.171 e. The van der Waals surface area contributed by atoms with Crippen LogP contribution in [0.4, 0.5) is 0 Å². The molecule has 1 rings (SSSR count). The quantitative estimate of drug-likeness (QED) is 0.543. The Bertz CT molecular complexity index is 379. The van der Waals surface area contributed by atoms with Crippen LogP contribution in [0.25, 0.3) is 0 Å². The maximum atomic E-state index is 11.1. The second-order valence-electron chi connectivity index (χ2n) is 2.98. The molecule has 0 aromatic heterocycles. The highest BCUT2D eigenvalue weighted by Crippen LogP contribution is 2.21. The van der Waals surface area contributed by atoms with E-state index < -0.39 is 48.5 Å². The molecule has 0 spiro atoms. The second-order valence-corrected chi connectivity index (χ2v) is 7.67. The molecule has 0 saturated carbocycles. The van der Waals surface area contributed by atoms with Gasteiger partial charge in [-0.2, -0.15) is 0 Å². The van der Waals surface area contributed by atoms with Crippen LogP contribution < -0.4 is 0 Å². The Morgan fingerprint density at radius 3 is 2.15 bits per heavy atom. The second kappa shape index (κ2) is 3.19. The van der Waals surface area contributed by atoms with E-state index in [1.54, 1.807) is 0 Å². The molecule has 0 aromatic rings. The molecule has 8 heteroatoms. The predicted octanol–water partition coefficient (Wildman–Crippen LogP) is -2.49. The zero-order chi connectivity index (χ0) is 10.3. The lowest BCUT2D eigenvalue weighted by atomic mass is 10.3. The summed E-state index contributed by atoms with van der Waals surface area (Å²) < 4.78 is 44.1. The minimum Gasteiger partial charge on any atom is -0.394 e. The number of sulfone groups is 2. The molecule has 0 amide bonds. The Morgan fingerprint density at radius 1 is 1.31 bits per heavy atom. The summed E-state index contributed by atoms with van der Waals surface area (Å²) in [4.78, 5) is 0. The molecule has 0 radical (unpaired) electrons. The molecule has 1 aliphatic rings. The van der Waals surface area contributed by atoms with Crippen LogP contribution in [0, 0.1) is 0 Å². The molecule has 1 aliphatic heterocycles. The first kappa shape index (κ1) is 10.9. The van der Waals surface area contributed by atoms with Crippen LogP contribution in [-0.2, 0) is 19.7 Å². The van der Waals surface area contributed by atoms with Crippen molar-refractivity contribution in [3.05, 3.63) is 0 Å². The van der Waals surface area contributed by atoms with Gasteiger partial charge in [-0.25, -0.2) is 16.8 Å². The molecule has 0 bridgehead atoms. The molecule has 1 heterocycles. The molecule has 78 valence electrons. The van der Waals surface area contributed by atoms with Gasteiger partial charge < -0.3 is 10.2 Å². The highest BCUT2D eigenvalue weighted by molar-refractivity contribution is 8.11. The minimum absolute atomic E-state index is 0.600. The molecule has 2 N–H and O–H groups in total. The van der Waals surface area contributed by atoms with Crippen molar-refractivity contribution in [2.24, 2.45) is 0 Å². The first-order valence-electron chi connectivity index (χ1n) is 3.49. The van der Waals surface area contributed by atoms with Crippen LogP contribution >= 0.6 is 0 Å².